The highest BCUT2D eigenvalue weighted by Crippen LogP contribution is 2.22. The van der Waals surface area contributed by atoms with E-state index in [2.05, 4.69) is 0 Å². The van der Waals surface area contributed by atoms with Gasteiger partial charge in [0, 0.05) is 21.9 Å². The maximum Gasteiger partial charge on any atom is 0.147 e. The minimum atomic E-state index is -0.425. The number of hydrogen-bond acceptors (Lipinski definition) is 2. The highest BCUT2D eigenvalue weighted by Gasteiger charge is 2.12. The maximum absolute atomic E-state index is 13.6. The number of Topliss-reactive ketones (excluding diaryl/α,β-unsaturated/α-hetero) is 1. The molecule has 104 valence electrons. The first-order chi connectivity index (χ1) is 9.56. The minimum Gasteiger partial charge on any atom is -0.298 e. The molecule has 0 N–H and O–H groups in total. The van der Waals surface area contributed by atoms with Crippen molar-refractivity contribution in [3.63, 3.8) is 0 Å². The van der Waals surface area contributed by atoms with Crippen LogP contribution in [0.25, 0.3) is 0 Å². The van der Waals surface area contributed by atoms with E-state index in [0.29, 0.717) is 10.8 Å². The first kappa shape index (κ1) is 15.1. The van der Waals surface area contributed by atoms with Crippen LogP contribution in [0.15, 0.2) is 47.4 Å². The highest BCUT2D eigenvalue weighted by molar-refractivity contribution is 8.00. The second-order valence-electron chi connectivity index (χ2n) is 4.52. The highest BCUT2D eigenvalue weighted by atomic mass is 35.5. The summed E-state index contributed by atoms with van der Waals surface area (Å²) in [5.41, 5.74) is 1.46. The number of ketones is 1. The van der Waals surface area contributed by atoms with Gasteiger partial charge in [-0.25, -0.2) is 4.39 Å². The quantitative estimate of drug-likeness (QED) is 0.745. The molecule has 0 saturated heterocycles. The van der Waals surface area contributed by atoms with Crippen molar-refractivity contribution in [2.75, 3.05) is 5.75 Å². The molecule has 1 nitrogen and oxygen atoms in total. The van der Waals surface area contributed by atoms with E-state index in [-0.39, 0.29) is 17.8 Å². The standard InChI is InChI=1S/C16H14ClFOS/c1-11-5-7-13(8-6-11)20-10-12(19)9-14-15(17)3-2-4-16(14)18/h2-8H,9-10H2,1H3. The third-order valence-electron chi connectivity index (χ3n) is 2.86. The smallest absolute Gasteiger partial charge is 0.147 e. The fourth-order valence-electron chi connectivity index (χ4n) is 1.75. The average molecular weight is 309 g/mol. The van der Waals surface area contributed by atoms with Crippen molar-refractivity contribution < 1.29 is 9.18 Å². The monoisotopic (exact) mass is 308 g/mol. The molecule has 0 fully saturated rings. The van der Waals surface area contributed by atoms with Gasteiger partial charge < -0.3 is 0 Å². The lowest BCUT2D eigenvalue weighted by Gasteiger charge is -2.05. The summed E-state index contributed by atoms with van der Waals surface area (Å²) in [6.07, 6.45) is 0.0321. The zero-order valence-corrected chi connectivity index (χ0v) is 12.6. The van der Waals surface area contributed by atoms with Crippen LogP contribution in [0, 0.1) is 12.7 Å². The fraction of sp³-hybridized carbons (Fsp3) is 0.188. The van der Waals surface area contributed by atoms with E-state index in [1.54, 1.807) is 6.07 Å². The topological polar surface area (TPSA) is 17.1 Å². The Morgan fingerprint density at radius 1 is 1.20 bits per heavy atom. The summed E-state index contributed by atoms with van der Waals surface area (Å²) in [6.45, 7) is 2.01. The van der Waals surface area contributed by atoms with Gasteiger partial charge >= 0.3 is 0 Å². The Hall–Kier alpha value is -1.32. The van der Waals surface area contributed by atoms with Crippen LogP contribution in [0.1, 0.15) is 11.1 Å². The Morgan fingerprint density at radius 2 is 1.90 bits per heavy atom. The van der Waals surface area contributed by atoms with Gasteiger partial charge in [0.25, 0.3) is 0 Å². The van der Waals surface area contributed by atoms with Crippen LogP contribution < -0.4 is 0 Å². The number of carbonyl (C=O) groups is 1. The van der Waals surface area contributed by atoms with E-state index in [4.69, 9.17) is 11.6 Å². The summed E-state index contributed by atoms with van der Waals surface area (Å²) < 4.78 is 13.6. The van der Waals surface area contributed by atoms with E-state index in [0.717, 1.165) is 4.90 Å². The first-order valence-electron chi connectivity index (χ1n) is 6.20. The van der Waals surface area contributed by atoms with Crippen molar-refractivity contribution in [3.8, 4) is 0 Å². The zero-order valence-electron chi connectivity index (χ0n) is 11.0. The number of carbonyl (C=O) groups excluding carboxylic acids is 1. The Balaban J connectivity index is 1.94. The van der Waals surface area contributed by atoms with Crippen LogP contribution in [0.3, 0.4) is 0 Å². The average Bonchev–Trinajstić information content (AvgIpc) is 2.42. The van der Waals surface area contributed by atoms with Crippen molar-refractivity contribution in [1.82, 2.24) is 0 Å². The van der Waals surface area contributed by atoms with Gasteiger partial charge in [-0.1, -0.05) is 35.4 Å². The third-order valence-corrected chi connectivity index (χ3v) is 4.28. The van der Waals surface area contributed by atoms with Gasteiger partial charge in [-0.2, -0.15) is 0 Å². The molecule has 0 radical (unpaired) electrons. The van der Waals surface area contributed by atoms with Crippen LogP contribution >= 0.6 is 23.4 Å². The summed E-state index contributed by atoms with van der Waals surface area (Å²) in [6, 6.07) is 12.4. The number of halogens is 2. The maximum atomic E-state index is 13.6. The predicted molar refractivity (Wildman–Crippen MR) is 82.0 cm³/mol. The second kappa shape index (κ2) is 6.91. The van der Waals surface area contributed by atoms with Crippen molar-refractivity contribution >= 4 is 29.1 Å². The molecule has 0 saturated carbocycles. The molecule has 0 atom stereocenters. The number of hydrogen-bond donors (Lipinski definition) is 0. The molecule has 0 spiro atoms. The molecule has 0 amide bonds. The molecule has 0 bridgehead atoms. The Bertz CT molecular complexity index is 590. The fourth-order valence-corrected chi connectivity index (χ4v) is 2.74. The first-order valence-corrected chi connectivity index (χ1v) is 7.56. The van der Waals surface area contributed by atoms with Crippen LogP contribution in [0.4, 0.5) is 4.39 Å². The Morgan fingerprint density at radius 3 is 2.55 bits per heavy atom. The normalized spacial score (nSPS) is 10.6. The van der Waals surface area contributed by atoms with Crippen molar-refractivity contribution in [2.45, 2.75) is 18.2 Å². The van der Waals surface area contributed by atoms with Gasteiger partial charge in [0.15, 0.2) is 0 Å². The van der Waals surface area contributed by atoms with Gasteiger partial charge in [-0.3, -0.25) is 4.79 Å². The number of thioether (sulfide) groups is 1. The zero-order chi connectivity index (χ0) is 14.5. The Kier molecular flexibility index (Phi) is 5.21. The molecule has 0 aliphatic rings. The Labute approximate surface area is 127 Å². The molecule has 2 aromatic carbocycles. The molecule has 0 heterocycles. The predicted octanol–water partition coefficient (Wildman–Crippen LogP) is 4.69. The molecule has 0 unspecified atom stereocenters. The lowest BCUT2D eigenvalue weighted by atomic mass is 10.1. The van der Waals surface area contributed by atoms with E-state index in [1.807, 2.05) is 31.2 Å². The third kappa shape index (κ3) is 4.09. The molecule has 0 aliphatic carbocycles. The van der Waals surface area contributed by atoms with E-state index in [9.17, 15) is 9.18 Å². The van der Waals surface area contributed by atoms with Gasteiger partial charge in [0.1, 0.15) is 11.6 Å². The van der Waals surface area contributed by atoms with Gasteiger partial charge in [-0.05, 0) is 31.2 Å². The van der Waals surface area contributed by atoms with Crippen LogP contribution in [0.2, 0.25) is 5.02 Å². The van der Waals surface area contributed by atoms with Crippen molar-refractivity contribution in [1.29, 1.82) is 0 Å². The second-order valence-corrected chi connectivity index (χ2v) is 5.97. The molecule has 0 aliphatic heterocycles. The molecule has 20 heavy (non-hydrogen) atoms. The number of rotatable bonds is 5. The van der Waals surface area contributed by atoms with Crippen LogP contribution in [-0.4, -0.2) is 11.5 Å². The SMILES string of the molecule is Cc1ccc(SCC(=O)Cc2c(F)cccc2Cl)cc1. The lowest BCUT2D eigenvalue weighted by Crippen LogP contribution is -2.07. The molecule has 2 rings (SSSR count). The summed E-state index contributed by atoms with van der Waals surface area (Å²) in [5.74, 6) is -0.151. The number of benzene rings is 2. The van der Waals surface area contributed by atoms with E-state index < -0.39 is 5.82 Å². The largest absolute Gasteiger partial charge is 0.298 e. The van der Waals surface area contributed by atoms with E-state index >= 15 is 0 Å². The van der Waals surface area contributed by atoms with Gasteiger partial charge in [-0.15, -0.1) is 11.8 Å². The van der Waals surface area contributed by atoms with Crippen molar-refractivity contribution in [3.05, 3.63) is 64.4 Å². The molecule has 4 heteroatoms. The molecule has 0 aromatic heterocycles. The summed E-state index contributed by atoms with van der Waals surface area (Å²) in [7, 11) is 0. The summed E-state index contributed by atoms with van der Waals surface area (Å²) in [4.78, 5) is 12.9. The van der Waals surface area contributed by atoms with Crippen LogP contribution in [0.5, 0.6) is 0 Å². The van der Waals surface area contributed by atoms with E-state index in [1.165, 1.54) is 29.5 Å². The number of aryl methyl sites for hydroxylation is 1. The minimum absolute atomic E-state index is 0.0321. The molecular weight excluding hydrogens is 295 g/mol. The summed E-state index contributed by atoms with van der Waals surface area (Å²) in [5, 5.41) is 0.304. The molecule has 2 aromatic rings. The summed E-state index contributed by atoms with van der Waals surface area (Å²) >= 11 is 7.36. The van der Waals surface area contributed by atoms with Crippen LogP contribution in [-0.2, 0) is 11.2 Å². The lowest BCUT2D eigenvalue weighted by molar-refractivity contribution is -0.116. The van der Waals surface area contributed by atoms with Crippen molar-refractivity contribution in [2.24, 2.45) is 0 Å². The van der Waals surface area contributed by atoms with Gasteiger partial charge in [0.05, 0.1) is 5.75 Å². The molecular formula is C16H14ClFOS. The van der Waals surface area contributed by atoms with Gasteiger partial charge in [0.2, 0.25) is 0 Å².